The highest BCUT2D eigenvalue weighted by Crippen LogP contribution is 2.32. The Morgan fingerprint density at radius 2 is 1.67 bits per heavy atom. The monoisotopic (exact) mass is 238 g/mol. The number of benzene rings is 2. The second kappa shape index (κ2) is 4.18. The van der Waals surface area contributed by atoms with E-state index in [0.29, 0.717) is 0 Å². The van der Waals surface area contributed by atoms with Gasteiger partial charge in [-0.05, 0) is 31.2 Å². The molecular weight excluding hydrogens is 224 g/mol. The summed E-state index contributed by atoms with van der Waals surface area (Å²) in [6.07, 6.45) is -0.0465. The van der Waals surface area contributed by atoms with Gasteiger partial charge in [-0.3, -0.25) is 4.79 Å². The Balaban J connectivity index is 2.15. The van der Waals surface area contributed by atoms with Gasteiger partial charge in [-0.1, -0.05) is 30.3 Å². The third kappa shape index (κ3) is 1.64. The average Bonchev–Trinajstić information content (AvgIpc) is 2.40. The first-order valence-electron chi connectivity index (χ1n) is 6.01. The van der Waals surface area contributed by atoms with E-state index in [9.17, 15) is 4.79 Å². The van der Waals surface area contributed by atoms with Crippen LogP contribution in [0.25, 0.3) is 0 Å². The molecule has 2 aromatic carbocycles. The molecule has 1 aliphatic heterocycles. The van der Waals surface area contributed by atoms with Crippen LogP contribution < -0.4 is 10.2 Å². The molecule has 0 saturated carbocycles. The molecule has 3 rings (SSSR count). The van der Waals surface area contributed by atoms with Crippen LogP contribution in [0.4, 0.5) is 11.4 Å². The van der Waals surface area contributed by atoms with Gasteiger partial charge in [-0.2, -0.15) is 0 Å². The predicted octanol–water partition coefficient (Wildman–Crippen LogP) is 2.91. The summed E-state index contributed by atoms with van der Waals surface area (Å²) >= 11 is 0. The highest BCUT2D eigenvalue weighted by Gasteiger charge is 2.28. The Hall–Kier alpha value is -2.29. The van der Waals surface area contributed by atoms with Crippen LogP contribution in [0.1, 0.15) is 17.3 Å². The van der Waals surface area contributed by atoms with Gasteiger partial charge in [0.25, 0.3) is 5.91 Å². The number of nitrogens with zero attached hydrogens (tertiary/aromatic N) is 1. The maximum Gasteiger partial charge on any atom is 0.254 e. The molecule has 1 atom stereocenters. The van der Waals surface area contributed by atoms with Gasteiger partial charge < -0.3 is 10.2 Å². The fourth-order valence-electron chi connectivity index (χ4n) is 2.37. The zero-order chi connectivity index (χ0) is 12.5. The summed E-state index contributed by atoms with van der Waals surface area (Å²) in [4.78, 5) is 14.1. The topological polar surface area (TPSA) is 32.3 Å². The van der Waals surface area contributed by atoms with E-state index in [0.717, 1.165) is 16.9 Å². The molecule has 0 aromatic heterocycles. The minimum Gasteiger partial charge on any atom is -0.332 e. The van der Waals surface area contributed by atoms with E-state index in [1.165, 1.54) is 0 Å². The van der Waals surface area contributed by atoms with Crippen molar-refractivity contribution in [2.45, 2.75) is 13.1 Å². The Bertz CT molecular complexity index is 580. The Morgan fingerprint density at radius 1 is 1.00 bits per heavy atom. The maximum absolute atomic E-state index is 11.9. The van der Waals surface area contributed by atoms with Gasteiger partial charge in [0, 0.05) is 5.69 Å². The van der Waals surface area contributed by atoms with Crippen LogP contribution in [0.3, 0.4) is 0 Å². The third-order valence-corrected chi connectivity index (χ3v) is 3.17. The second-order valence-corrected chi connectivity index (χ2v) is 4.37. The minimum atomic E-state index is -0.0465. The van der Waals surface area contributed by atoms with Crippen molar-refractivity contribution >= 4 is 17.3 Å². The van der Waals surface area contributed by atoms with E-state index in [4.69, 9.17) is 0 Å². The van der Waals surface area contributed by atoms with Crippen LogP contribution >= 0.6 is 0 Å². The quantitative estimate of drug-likeness (QED) is 0.828. The van der Waals surface area contributed by atoms with Crippen molar-refractivity contribution in [2.24, 2.45) is 0 Å². The van der Waals surface area contributed by atoms with Crippen LogP contribution in [0, 0.1) is 0 Å². The second-order valence-electron chi connectivity index (χ2n) is 4.37. The summed E-state index contributed by atoms with van der Waals surface area (Å²) in [5.41, 5.74) is 2.76. The molecule has 0 fully saturated rings. The van der Waals surface area contributed by atoms with Crippen LogP contribution in [0.5, 0.6) is 0 Å². The maximum atomic E-state index is 11.9. The molecule has 1 N–H and O–H groups in total. The number of nitrogens with one attached hydrogen (secondary N) is 1. The van der Waals surface area contributed by atoms with Gasteiger partial charge in [0.05, 0.1) is 11.3 Å². The first kappa shape index (κ1) is 10.8. The van der Waals surface area contributed by atoms with E-state index in [1.54, 1.807) is 0 Å². The van der Waals surface area contributed by atoms with Crippen molar-refractivity contribution in [3.8, 4) is 0 Å². The number of carbonyl (C=O) groups is 1. The fraction of sp³-hybridized carbons (Fsp3) is 0.133. The lowest BCUT2D eigenvalue weighted by molar-refractivity contribution is 0.0934. The number of hydrogen-bond donors (Lipinski definition) is 1. The highest BCUT2D eigenvalue weighted by atomic mass is 16.2. The molecule has 1 amide bonds. The predicted molar refractivity (Wildman–Crippen MR) is 72.0 cm³/mol. The highest BCUT2D eigenvalue weighted by molar-refractivity contribution is 6.03. The molecule has 0 radical (unpaired) electrons. The van der Waals surface area contributed by atoms with Gasteiger partial charge in [-0.15, -0.1) is 0 Å². The number of para-hydroxylation sites is 2. The molecule has 0 bridgehead atoms. The molecule has 0 saturated heterocycles. The van der Waals surface area contributed by atoms with E-state index in [1.807, 2.05) is 61.5 Å². The molecule has 1 heterocycles. The zero-order valence-corrected chi connectivity index (χ0v) is 10.1. The van der Waals surface area contributed by atoms with E-state index in [-0.39, 0.29) is 12.1 Å². The lowest BCUT2D eigenvalue weighted by atomic mass is 10.1. The Kier molecular flexibility index (Phi) is 2.52. The molecule has 1 aliphatic rings. The third-order valence-electron chi connectivity index (χ3n) is 3.17. The number of carbonyl (C=O) groups excluding carboxylic acids is 1. The molecular formula is C15H14N2O. The number of anilines is 2. The minimum absolute atomic E-state index is 0.00900. The first-order valence-corrected chi connectivity index (χ1v) is 6.01. The molecule has 18 heavy (non-hydrogen) atoms. The number of hydrogen-bond acceptors (Lipinski definition) is 2. The number of amides is 1. The molecule has 0 aliphatic carbocycles. The Labute approximate surface area is 106 Å². The summed E-state index contributed by atoms with van der Waals surface area (Å²) in [5, 5.41) is 2.97. The fourth-order valence-corrected chi connectivity index (χ4v) is 2.37. The van der Waals surface area contributed by atoms with Crippen molar-refractivity contribution in [1.29, 1.82) is 0 Å². The standard InChI is InChI=1S/C15H14N2O/c1-11-16-15(18)13-9-5-6-10-14(13)17(11)12-7-3-2-4-8-12/h2-11H,1H3,(H,16,18). The average molecular weight is 238 g/mol. The Morgan fingerprint density at radius 3 is 2.44 bits per heavy atom. The summed E-state index contributed by atoms with van der Waals surface area (Å²) in [6.45, 7) is 1.99. The van der Waals surface area contributed by atoms with Gasteiger partial charge in [0.1, 0.15) is 6.17 Å². The van der Waals surface area contributed by atoms with Crippen molar-refractivity contribution in [3.63, 3.8) is 0 Å². The number of rotatable bonds is 1. The lowest BCUT2D eigenvalue weighted by Crippen LogP contribution is -2.48. The van der Waals surface area contributed by atoms with Crippen LogP contribution in [0.2, 0.25) is 0 Å². The van der Waals surface area contributed by atoms with Crippen LogP contribution in [-0.2, 0) is 0 Å². The molecule has 90 valence electrons. The molecule has 0 spiro atoms. The van der Waals surface area contributed by atoms with Crippen molar-refractivity contribution in [1.82, 2.24) is 5.32 Å². The summed E-state index contributed by atoms with van der Waals surface area (Å²) in [5.74, 6) is -0.00900. The van der Waals surface area contributed by atoms with Gasteiger partial charge >= 0.3 is 0 Å². The largest absolute Gasteiger partial charge is 0.332 e. The lowest BCUT2D eigenvalue weighted by Gasteiger charge is -2.37. The molecule has 3 heteroatoms. The molecule has 3 nitrogen and oxygen atoms in total. The van der Waals surface area contributed by atoms with Crippen LogP contribution in [-0.4, -0.2) is 12.1 Å². The van der Waals surface area contributed by atoms with Crippen molar-refractivity contribution in [2.75, 3.05) is 4.90 Å². The summed E-state index contributed by atoms with van der Waals surface area (Å²) in [7, 11) is 0. The van der Waals surface area contributed by atoms with Gasteiger partial charge in [0.15, 0.2) is 0 Å². The molecule has 1 unspecified atom stereocenters. The van der Waals surface area contributed by atoms with E-state index < -0.39 is 0 Å². The normalized spacial score (nSPS) is 18.2. The zero-order valence-electron chi connectivity index (χ0n) is 10.1. The molecule has 2 aromatic rings. The van der Waals surface area contributed by atoms with Crippen molar-refractivity contribution < 1.29 is 4.79 Å². The van der Waals surface area contributed by atoms with E-state index in [2.05, 4.69) is 10.2 Å². The smallest absolute Gasteiger partial charge is 0.254 e. The van der Waals surface area contributed by atoms with Crippen LogP contribution in [0.15, 0.2) is 54.6 Å². The summed E-state index contributed by atoms with van der Waals surface area (Å²) < 4.78 is 0. The van der Waals surface area contributed by atoms with Gasteiger partial charge in [-0.25, -0.2) is 0 Å². The summed E-state index contributed by atoms with van der Waals surface area (Å²) in [6, 6.07) is 17.8. The van der Waals surface area contributed by atoms with Gasteiger partial charge in [0.2, 0.25) is 0 Å². The first-order chi connectivity index (χ1) is 8.77. The SMILES string of the molecule is CC1NC(=O)c2ccccc2N1c1ccccc1. The van der Waals surface area contributed by atoms with Crippen molar-refractivity contribution in [3.05, 3.63) is 60.2 Å². The number of fused-ring (bicyclic) bond motifs is 1. The van der Waals surface area contributed by atoms with E-state index >= 15 is 0 Å².